The van der Waals surface area contributed by atoms with Crippen LogP contribution in [0.3, 0.4) is 0 Å². The maximum absolute atomic E-state index is 14.0. The van der Waals surface area contributed by atoms with Crippen LogP contribution < -0.4 is 4.90 Å². The average molecular weight is 266 g/mol. The molecule has 1 aromatic carbocycles. The van der Waals surface area contributed by atoms with Gasteiger partial charge in [-0.2, -0.15) is 5.26 Å². The smallest absolute Gasteiger partial charge is 0.183 e. The second-order valence-corrected chi connectivity index (χ2v) is 5.56. The summed E-state index contributed by atoms with van der Waals surface area (Å²) < 4.78 is 27.7. The van der Waals surface area contributed by atoms with E-state index in [1.165, 1.54) is 12.1 Å². The molecule has 0 saturated heterocycles. The van der Waals surface area contributed by atoms with Crippen molar-refractivity contribution in [1.29, 1.82) is 5.26 Å². The molecule has 0 aromatic heterocycles. The zero-order valence-electron chi connectivity index (χ0n) is 11.9. The fraction of sp³-hybridized carbons (Fsp3) is 0.533. The van der Waals surface area contributed by atoms with Crippen molar-refractivity contribution in [2.45, 2.75) is 27.7 Å². The number of nitrogens with zero attached hydrogens (tertiary/aromatic N) is 2. The van der Waals surface area contributed by atoms with Crippen LogP contribution >= 0.6 is 0 Å². The van der Waals surface area contributed by atoms with Crippen LogP contribution in [-0.2, 0) is 0 Å². The van der Waals surface area contributed by atoms with Crippen LogP contribution in [0.25, 0.3) is 0 Å². The minimum absolute atomic E-state index is 0.235. The number of halogens is 2. The van der Waals surface area contributed by atoms with E-state index < -0.39 is 11.6 Å². The van der Waals surface area contributed by atoms with Crippen molar-refractivity contribution in [1.82, 2.24) is 0 Å². The van der Waals surface area contributed by atoms with Crippen molar-refractivity contribution in [3.63, 3.8) is 0 Å². The normalized spacial score (nSPS) is 10.9. The predicted molar refractivity (Wildman–Crippen MR) is 73.0 cm³/mol. The average Bonchev–Trinajstić information content (AvgIpc) is 2.30. The predicted octanol–water partition coefficient (Wildman–Crippen LogP) is 3.95. The van der Waals surface area contributed by atoms with E-state index in [2.05, 4.69) is 0 Å². The Kier molecular flexibility index (Phi) is 5.29. The summed E-state index contributed by atoms with van der Waals surface area (Å²) in [5.41, 5.74) is -0.0193. The number of hydrogen-bond acceptors (Lipinski definition) is 2. The van der Waals surface area contributed by atoms with Crippen molar-refractivity contribution < 1.29 is 8.78 Å². The Morgan fingerprint density at radius 2 is 1.58 bits per heavy atom. The molecule has 0 fully saturated rings. The van der Waals surface area contributed by atoms with Gasteiger partial charge in [0.05, 0.1) is 11.3 Å². The van der Waals surface area contributed by atoms with Gasteiger partial charge in [0, 0.05) is 13.1 Å². The van der Waals surface area contributed by atoms with E-state index >= 15 is 0 Å². The number of hydrogen-bond donors (Lipinski definition) is 0. The number of benzene rings is 1. The Balaban J connectivity index is 3.16. The first kappa shape index (κ1) is 15.4. The highest BCUT2D eigenvalue weighted by molar-refractivity contribution is 5.52. The molecule has 4 heteroatoms. The molecule has 19 heavy (non-hydrogen) atoms. The highest BCUT2D eigenvalue weighted by Crippen LogP contribution is 2.25. The third-order valence-electron chi connectivity index (χ3n) is 2.69. The SMILES string of the molecule is CC(C)CN(CC(C)C)c1ccc(C#N)c(F)c1F. The van der Waals surface area contributed by atoms with Gasteiger partial charge in [-0.05, 0) is 24.0 Å². The standard InChI is InChI=1S/C15H20F2N2/c1-10(2)8-19(9-11(3)4)13-6-5-12(7-18)14(16)15(13)17/h5-6,10-11H,8-9H2,1-4H3. The zero-order chi connectivity index (χ0) is 14.6. The highest BCUT2D eigenvalue weighted by atomic mass is 19.2. The van der Waals surface area contributed by atoms with Gasteiger partial charge in [0.1, 0.15) is 6.07 Å². The third-order valence-corrected chi connectivity index (χ3v) is 2.69. The molecule has 0 aliphatic carbocycles. The molecule has 2 nitrogen and oxygen atoms in total. The fourth-order valence-electron chi connectivity index (χ4n) is 2.02. The molecular formula is C15H20F2N2. The van der Waals surface area contributed by atoms with Crippen LogP contribution in [0.5, 0.6) is 0 Å². The molecule has 0 heterocycles. The number of anilines is 1. The monoisotopic (exact) mass is 266 g/mol. The third kappa shape index (κ3) is 3.92. The van der Waals surface area contributed by atoms with Gasteiger partial charge >= 0.3 is 0 Å². The van der Waals surface area contributed by atoms with E-state index in [1.54, 1.807) is 6.07 Å². The lowest BCUT2D eigenvalue weighted by atomic mass is 10.1. The van der Waals surface area contributed by atoms with Gasteiger partial charge < -0.3 is 4.90 Å². The van der Waals surface area contributed by atoms with E-state index in [-0.39, 0.29) is 11.3 Å². The largest absolute Gasteiger partial charge is 0.369 e. The van der Waals surface area contributed by atoms with Crippen LogP contribution in [0.2, 0.25) is 0 Å². The summed E-state index contributed by atoms with van der Waals surface area (Å²) in [5, 5.41) is 8.69. The van der Waals surface area contributed by atoms with E-state index in [0.29, 0.717) is 24.9 Å². The van der Waals surface area contributed by atoms with Crippen molar-refractivity contribution in [3.8, 4) is 6.07 Å². The lowest BCUT2D eigenvalue weighted by molar-refractivity contribution is 0.491. The first-order chi connectivity index (χ1) is 8.86. The number of rotatable bonds is 5. The van der Waals surface area contributed by atoms with Gasteiger partial charge in [0.15, 0.2) is 11.6 Å². The molecular weight excluding hydrogens is 246 g/mol. The Bertz CT molecular complexity index is 466. The Hall–Kier alpha value is -1.63. The summed E-state index contributed by atoms with van der Waals surface area (Å²) in [6.45, 7) is 9.44. The fourth-order valence-corrected chi connectivity index (χ4v) is 2.02. The summed E-state index contributed by atoms with van der Waals surface area (Å²) in [6.07, 6.45) is 0. The van der Waals surface area contributed by atoms with Crippen molar-refractivity contribution in [3.05, 3.63) is 29.3 Å². The quantitative estimate of drug-likeness (QED) is 0.806. The summed E-state index contributed by atoms with van der Waals surface area (Å²) in [5.74, 6) is -1.30. The molecule has 0 aliphatic rings. The summed E-state index contributed by atoms with van der Waals surface area (Å²) in [7, 11) is 0. The van der Waals surface area contributed by atoms with Gasteiger partial charge in [-0.25, -0.2) is 8.78 Å². The lowest BCUT2D eigenvalue weighted by Gasteiger charge is -2.29. The van der Waals surface area contributed by atoms with Crippen LogP contribution in [0.15, 0.2) is 12.1 Å². The minimum atomic E-state index is -1.06. The summed E-state index contributed by atoms with van der Waals surface area (Å²) in [4.78, 5) is 1.84. The lowest BCUT2D eigenvalue weighted by Crippen LogP contribution is -2.32. The number of nitriles is 1. The van der Waals surface area contributed by atoms with Crippen LogP contribution in [0, 0.1) is 34.8 Å². The van der Waals surface area contributed by atoms with E-state index in [4.69, 9.17) is 5.26 Å². The maximum Gasteiger partial charge on any atom is 0.183 e. The summed E-state index contributed by atoms with van der Waals surface area (Å²) in [6, 6.07) is 4.47. The molecule has 104 valence electrons. The van der Waals surface area contributed by atoms with Gasteiger partial charge in [-0.1, -0.05) is 27.7 Å². The molecule has 0 N–H and O–H groups in total. The molecule has 0 radical (unpaired) electrons. The molecule has 0 atom stereocenters. The molecule has 0 bridgehead atoms. The van der Waals surface area contributed by atoms with E-state index in [1.807, 2.05) is 32.6 Å². The maximum atomic E-state index is 14.0. The van der Waals surface area contributed by atoms with Crippen LogP contribution in [0.1, 0.15) is 33.3 Å². The Morgan fingerprint density at radius 1 is 1.05 bits per heavy atom. The van der Waals surface area contributed by atoms with Crippen molar-refractivity contribution in [2.24, 2.45) is 11.8 Å². The first-order valence-electron chi connectivity index (χ1n) is 6.49. The summed E-state index contributed by atoms with van der Waals surface area (Å²) >= 11 is 0. The molecule has 0 amide bonds. The highest BCUT2D eigenvalue weighted by Gasteiger charge is 2.19. The van der Waals surface area contributed by atoms with Crippen molar-refractivity contribution >= 4 is 5.69 Å². The molecule has 0 spiro atoms. The molecule has 0 unspecified atom stereocenters. The Labute approximate surface area is 113 Å². The van der Waals surface area contributed by atoms with E-state index in [0.717, 1.165) is 0 Å². The molecule has 0 saturated carbocycles. The molecule has 0 aliphatic heterocycles. The zero-order valence-corrected chi connectivity index (χ0v) is 11.9. The second-order valence-electron chi connectivity index (χ2n) is 5.56. The van der Waals surface area contributed by atoms with Gasteiger partial charge in [0.2, 0.25) is 0 Å². The topological polar surface area (TPSA) is 27.0 Å². The molecule has 1 aromatic rings. The van der Waals surface area contributed by atoms with Gasteiger partial charge in [-0.3, -0.25) is 0 Å². The Morgan fingerprint density at radius 3 is 2.00 bits per heavy atom. The molecule has 1 rings (SSSR count). The van der Waals surface area contributed by atoms with Crippen LogP contribution in [-0.4, -0.2) is 13.1 Å². The van der Waals surface area contributed by atoms with Crippen molar-refractivity contribution in [2.75, 3.05) is 18.0 Å². The first-order valence-corrected chi connectivity index (χ1v) is 6.49. The van der Waals surface area contributed by atoms with Crippen LogP contribution in [0.4, 0.5) is 14.5 Å². The van der Waals surface area contributed by atoms with Gasteiger partial charge in [-0.15, -0.1) is 0 Å². The van der Waals surface area contributed by atoms with Gasteiger partial charge in [0.25, 0.3) is 0 Å². The second kappa shape index (κ2) is 6.51. The minimum Gasteiger partial charge on any atom is -0.369 e. The van der Waals surface area contributed by atoms with E-state index in [9.17, 15) is 8.78 Å².